The average Bonchev–Trinajstić information content (AvgIpc) is 2.05. The first-order valence-corrected chi connectivity index (χ1v) is 3.48. The Kier molecular flexibility index (Phi) is 5.67. The van der Waals surface area contributed by atoms with Crippen molar-refractivity contribution >= 4 is 0 Å². The molecule has 0 saturated carbocycles. The summed E-state index contributed by atoms with van der Waals surface area (Å²) in [6.45, 7) is 0. The maximum absolute atomic E-state index is 8.51. The van der Waals surface area contributed by atoms with E-state index in [9.17, 15) is 0 Å². The molecule has 0 aliphatic heterocycles. The third-order valence-electron chi connectivity index (χ3n) is 1.39. The smallest absolute Gasteiger partial charge is 0.0656 e. The normalized spacial score (nSPS) is 8.18. The lowest BCUT2D eigenvalue weighted by atomic mass is 10.0. The van der Waals surface area contributed by atoms with E-state index in [1.54, 1.807) is 0 Å². The van der Waals surface area contributed by atoms with Crippen LogP contribution in [0.4, 0.5) is 0 Å². The first-order valence-electron chi connectivity index (χ1n) is 3.48. The minimum Gasteiger partial charge on any atom is -0.198 e. The molecule has 0 amide bonds. The first-order chi connectivity index (χ1) is 5.35. The van der Waals surface area contributed by atoms with Crippen LogP contribution >= 0.6 is 0 Å². The fraction of sp³-hybridized carbons (Fsp3) is 0.625. The summed E-state index contributed by atoms with van der Waals surface area (Å²) < 4.78 is 0. The summed E-state index contributed by atoms with van der Waals surface area (Å²) in [5, 5.41) is 24.9. The van der Waals surface area contributed by atoms with Gasteiger partial charge in [0.05, 0.1) is 18.2 Å². The van der Waals surface area contributed by atoms with E-state index in [1.165, 1.54) is 0 Å². The first kappa shape index (κ1) is 9.47. The van der Waals surface area contributed by atoms with E-state index in [4.69, 9.17) is 15.8 Å². The summed E-state index contributed by atoms with van der Waals surface area (Å²) in [5.41, 5.74) is 0. The molecule has 0 unspecified atom stereocenters. The zero-order valence-electron chi connectivity index (χ0n) is 6.25. The van der Waals surface area contributed by atoms with Gasteiger partial charge in [-0.25, -0.2) is 0 Å². The summed E-state index contributed by atoms with van der Waals surface area (Å²) in [5.74, 6) is -0.116. The summed E-state index contributed by atoms with van der Waals surface area (Å²) >= 11 is 0. The molecule has 0 atom stereocenters. The van der Waals surface area contributed by atoms with Crippen molar-refractivity contribution in [3.63, 3.8) is 0 Å². The van der Waals surface area contributed by atoms with Crippen molar-refractivity contribution in [1.82, 2.24) is 0 Å². The summed E-state index contributed by atoms with van der Waals surface area (Å²) in [7, 11) is 0. The van der Waals surface area contributed by atoms with Gasteiger partial charge >= 0.3 is 0 Å². The van der Waals surface area contributed by atoms with Crippen LogP contribution in [0.15, 0.2) is 0 Å². The molecule has 0 fully saturated rings. The Morgan fingerprint density at radius 2 is 1.36 bits per heavy atom. The van der Waals surface area contributed by atoms with Gasteiger partial charge in [0.1, 0.15) is 0 Å². The van der Waals surface area contributed by atoms with Crippen LogP contribution in [0.25, 0.3) is 0 Å². The maximum Gasteiger partial charge on any atom is 0.0656 e. The standard InChI is InChI=1S/C8H9N3/c9-5-1-3-8(7-11)4-2-6-10/h8H,1-4H2. The lowest BCUT2D eigenvalue weighted by Gasteiger charge is -2.00. The molecule has 56 valence electrons. The van der Waals surface area contributed by atoms with Crippen LogP contribution < -0.4 is 0 Å². The molecule has 0 aromatic heterocycles. The maximum atomic E-state index is 8.51. The lowest BCUT2D eigenvalue weighted by Crippen LogP contribution is -1.95. The third kappa shape index (κ3) is 4.94. The number of hydrogen-bond donors (Lipinski definition) is 0. The van der Waals surface area contributed by atoms with E-state index >= 15 is 0 Å². The van der Waals surface area contributed by atoms with Crippen molar-refractivity contribution in [2.45, 2.75) is 25.7 Å². The van der Waals surface area contributed by atoms with Crippen LogP contribution in [0, 0.1) is 39.9 Å². The van der Waals surface area contributed by atoms with Crippen molar-refractivity contribution in [3.8, 4) is 18.2 Å². The van der Waals surface area contributed by atoms with Crippen molar-refractivity contribution in [3.05, 3.63) is 0 Å². The Hall–Kier alpha value is -1.53. The van der Waals surface area contributed by atoms with Crippen LogP contribution in [0.1, 0.15) is 25.7 Å². The van der Waals surface area contributed by atoms with Crippen LogP contribution in [0.5, 0.6) is 0 Å². The topological polar surface area (TPSA) is 71.4 Å². The van der Waals surface area contributed by atoms with Crippen molar-refractivity contribution in [2.24, 2.45) is 5.92 Å². The molecule has 0 aliphatic carbocycles. The van der Waals surface area contributed by atoms with Crippen LogP contribution in [-0.4, -0.2) is 0 Å². The SMILES string of the molecule is N#CCCC(C#N)CCC#N. The van der Waals surface area contributed by atoms with Gasteiger partial charge in [-0.15, -0.1) is 0 Å². The van der Waals surface area contributed by atoms with Crippen LogP contribution in [-0.2, 0) is 0 Å². The predicted molar refractivity (Wildman–Crippen MR) is 38.8 cm³/mol. The summed E-state index contributed by atoms with van der Waals surface area (Å²) in [4.78, 5) is 0. The highest BCUT2D eigenvalue weighted by Crippen LogP contribution is 2.11. The van der Waals surface area contributed by atoms with Gasteiger partial charge in [-0.05, 0) is 12.8 Å². The van der Waals surface area contributed by atoms with E-state index in [2.05, 4.69) is 6.07 Å². The largest absolute Gasteiger partial charge is 0.198 e. The summed E-state index contributed by atoms with van der Waals surface area (Å²) in [6.07, 6.45) is 2.00. The number of nitriles is 3. The fourth-order valence-electron chi connectivity index (χ4n) is 0.751. The molecule has 0 spiro atoms. The fourth-order valence-corrected chi connectivity index (χ4v) is 0.751. The molecule has 0 N–H and O–H groups in total. The van der Waals surface area contributed by atoms with Gasteiger partial charge in [0.25, 0.3) is 0 Å². The molecule has 3 nitrogen and oxygen atoms in total. The van der Waals surface area contributed by atoms with Gasteiger partial charge in [-0.1, -0.05) is 0 Å². The van der Waals surface area contributed by atoms with Gasteiger partial charge in [0, 0.05) is 18.8 Å². The Labute approximate surface area is 66.5 Å². The van der Waals surface area contributed by atoms with Gasteiger partial charge in [-0.2, -0.15) is 15.8 Å². The molecule has 0 saturated heterocycles. The molecule has 0 aromatic carbocycles. The van der Waals surface area contributed by atoms with E-state index in [1.807, 2.05) is 12.1 Å². The molecule has 0 radical (unpaired) electrons. The second-order valence-electron chi connectivity index (χ2n) is 2.22. The van der Waals surface area contributed by atoms with E-state index in [0.717, 1.165) is 0 Å². The quantitative estimate of drug-likeness (QED) is 0.607. The molecule has 0 bridgehead atoms. The van der Waals surface area contributed by atoms with Crippen molar-refractivity contribution in [2.75, 3.05) is 0 Å². The lowest BCUT2D eigenvalue weighted by molar-refractivity contribution is 0.573. The zero-order valence-corrected chi connectivity index (χ0v) is 6.25. The third-order valence-corrected chi connectivity index (χ3v) is 1.39. The number of rotatable bonds is 4. The molecule has 0 heterocycles. The minimum atomic E-state index is -0.116. The number of nitrogens with zero attached hydrogens (tertiary/aromatic N) is 3. The average molecular weight is 147 g/mol. The van der Waals surface area contributed by atoms with Gasteiger partial charge in [0.15, 0.2) is 0 Å². The second-order valence-corrected chi connectivity index (χ2v) is 2.22. The second kappa shape index (κ2) is 6.59. The van der Waals surface area contributed by atoms with E-state index in [0.29, 0.717) is 25.7 Å². The molecule has 0 rings (SSSR count). The Balaban J connectivity index is 3.55. The summed E-state index contributed by atoms with van der Waals surface area (Å²) in [6, 6.07) is 6.02. The van der Waals surface area contributed by atoms with Gasteiger partial charge < -0.3 is 0 Å². The molecule has 0 aliphatic rings. The molecule has 3 heteroatoms. The molecular formula is C8H9N3. The highest BCUT2D eigenvalue weighted by Gasteiger charge is 2.05. The zero-order chi connectivity index (χ0) is 8.53. The Morgan fingerprint density at radius 3 is 1.64 bits per heavy atom. The Bertz CT molecular complexity index is 195. The predicted octanol–water partition coefficient (Wildman–Crippen LogP) is 1.73. The van der Waals surface area contributed by atoms with Crippen molar-refractivity contribution in [1.29, 1.82) is 15.8 Å². The molecular weight excluding hydrogens is 138 g/mol. The Morgan fingerprint density at radius 1 is 0.909 bits per heavy atom. The van der Waals surface area contributed by atoms with Crippen LogP contribution in [0.3, 0.4) is 0 Å². The molecule has 11 heavy (non-hydrogen) atoms. The monoisotopic (exact) mass is 147 g/mol. The van der Waals surface area contributed by atoms with Crippen molar-refractivity contribution < 1.29 is 0 Å². The van der Waals surface area contributed by atoms with E-state index < -0.39 is 0 Å². The van der Waals surface area contributed by atoms with E-state index in [-0.39, 0.29) is 5.92 Å². The number of hydrogen-bond acceptors (Lipinski definition) is 3. The highest BCUT2D eigenvalue weighted by atomic mass is 14.3. The van der Waals surface area contributed by atoms with Gasteiger partial charge in [-0.3, -0.25) is 0 Å². The van der Waals surface area contributed by atoms with Gasteiger partial charge in [0.2, 0.25) is 0 Å². The highest BCUT2D eigenvalue weighted by molar-refractivity contribution is 4.87. The minimum absolute atomic E-state index is 0.116. The van der Waals surface area contributed by atoms with Crippen LogP contribution in [0.2, 0.25) is 0 Å². The molecule has 0 aromatic rings.